The van der Waals surface area contributed by atoms with Gasteiger partial charge >= 0.3 is 0 Å². The van der Waals surface area contributed by atoms with Crippen molar-refractivity contribution in [3.63, 3.8) is 0 Å². The molecule has 27 heavy (non-hydrogen) atoms. The van der Waals surface area contributed by atoms with Gasteiger partial charge in [0.1, 0.15) is 0 Å². The number of rotatable bonds is 5. The second kappa shape index (κ2) is 8.63. The topological polar surface area (TPSA) is 46.2 Å². The minimum atomic E-state index is 0.285. The number of nitrogens with one attached hydrogen (secondary N) is 1. The van der Waals surface area contributed by atoms with Crippen molar-refractivity contribution < 1.29 is 14.2 Å². The van der Waals surface area contributed by atoms with Crippen LogP contribution in [0.25, 0.3) is 0 Å². The molecule has 0 aliphatic carbocycles. The van der Waals surface area contributed by atoms with E-state index >= 15 is 0 Å². The Morgan fingerprint density at radius 3 is 2.81 bits per heavy atom. The van der Waals surface area contributed by atoms with Gasteiger partial charge in [-0.1, -0.05) is 6.07 Å². The highest BCUT2D eigenvalue weighted by Gasteiger charge is 2.26. The second-order valence-electron chi connectivity index (χ2n) is 7.67. The minimum absolute atomic E-state index is 0.285. The summed E-state index contributed by atoms with van der Waals surface area (Å²) < 4.78 is 16.7. The summed E-state index contributed by atoms with van der Waals surface area (Å²) in [5, 5.41) is 4.30. The Morgan fingerprint density at radius 2 is 2.04 bits per heavy atom. The third kappa shape index (κ3) is 4.65. The maximum absolute atomic E-state index is 5.81. The zero-order valence-corrected chi connectivity index (χ0v) is 16.8. The summed E-state index contributed by atoms with van der Waals surface area (Å²) in [6.07, 6.45) is 4.81. The lowest BCUT2D eigenvalue weighted by Crippen LogP contribution is -2.50. The normalized spacial score (nSPS) is 22.8. The van der Waals surface area contributed by atoms with Crippen LogP contribution >= 0.6 is 12.2 Å². The van der Waals surface area contributed by atoms with Crippen molar-refractivity contribution in [2.45, 2.75) is 44.4 Å². The van der Waals surface area contributed by atoms with Crippen molar-refractivity contribution in [2.24, 2.45) is 0 Å². The van der Waals surface area contributed by atoms with Gasteiger partial charge in [0.15, 0.2) is 16.6 Å². The van der Waals surface area contributed by atoms with Crippen LogP contribution in [0.3, 0.4) is 0 Å². The van der Waals surface area contributed by atoms with Gasteiger partial charge < -0.3 is 29.3 Å². The fraction of sp³-hybridized carbons (Fsp3) is 0.650. The summed E-state index contributed by atoms with van der Waals surface area (Å²) in [6.45, 7) is 4.96. The van der Waals surface area contributed by atoms with E-state index in [2.05, 4.69) is 34.3 Å². The van der Waals surface area contributed by atoms with Crippen molar-refractivity contribution in [1.82, 2.24) is 15.1 Å². The van der Waals surface area contributed by atoms with Crippen LogP contribution in [-0.4, -0.2) is 67.1 Å². The van der Waals surface area contributed by atoms with Crippen LogP contribution in [0.15, 0.2) is 18.2 Å². The maximum atomic E-state index is 5.81. The summed E-state index contributed by atoms with van der Waals surface area (Å²) in [6, 6.07) is 6.63. The van der Waals surface area contributed by atoms with Crippen LogP contribution in [0, 0.1) is 0 Å². The van der Waals surface area contributed by atoms with Gasteiger partial charge in [0.05, 0.1) is 6.10 Å². The molecule has 1 aromatic carbocycles. The van der Waals surface area contributed by atoms with Gasteiger partial charge in [-0.25, -0.2) is 0 Å². The van der Waals surface area contributed by atoms with E-state index in [1.807, 2.05) is 6.07 Å². The third-order valence-corrected chi connectivity index (χ3v) is 6.06. The molecule has 3 heterocycles. The molecule has 0 radical (unpaired) electrons. The standard InChI is InChI=1S/C20H29N3O3S/c1-22-8-6-16(7-9-22)23(20(27)21-12-17-3-2-10-24-17)13-15-4-5-18-19(11-15)26-14-25-18/h4-5,11,16-17H,2-3,6-10,12-14H2,1H3,(H,21,27). The summed E-state index contributed by atoms with van der Waals surface area (Å²) in [5.74, 6) is 1.65. The molecule has 7 heteroatoms. The quantitative estimate of drug-likeness (QED) is 0.773. The Hall–Kier alpha value is -1.57. The lowest BCUT2D eigenvalue weighted by molar-refractivity contribution is 0.112. The van der Waals surface area contributed by atoms with Crippen molar-refractivity contribution in [2.75, 3.05) is 40.1 Å². The molecule has 1 unspecified atom stereocenters. The van der Waals surface area contributed by atoms with E-state index in [1.165, 1.54) is 5.56 Å². The molecule has 0 spiro atoms. The molecule has 2 fully saturated rings. The first-order valence-corrected chi connectivity index (χ1v) is 10.3. The molecule has 1 N–H and O–H groups in total. The van der Waals surface area contributed by atoms with E-state index in [0.717, 1.165) is 75.1 Å². The van der Waals surface area contributed by atoms with Crippen LogP contribution in [0.1, 0.15) is 31.2 Å². The average molecular weight is 392 g/mol. The van der Waals surface area contributed by atoms with E-state index in [1.54, 1.807) is 0 Å². The smallest absolute Gasteiger partial charge is 0.231 e. The molecule has 3 aliphatic rings. The highest BCUT2D eigenvalue weighted by molar-refractivity contribution is 7.80. The molecular weight excluding hydrogens is 362 g/mol. The number of fused-ring (bicyclic) bond motifs is 1. The maximum Gasteiger partial charge on any atom is 0.231 e. The van der Waals surface area contributed by atoms with E-state index in [0.29, 0.717) is 12.8 Å². The van der Waals surface area contributed by atoms with Crippen LogP contribution in [0.2, 0.25) is 0 Å². The Kier molecular flexibility index (Phi) is 6.00. The van der Waals surface area contributed by atoms with Gasteiger partial charge in [0, 0.05) is 25.7 Å². The fourth-order valence-electron chi connectivity index (χ4n) is 4.02. The Bertz CT molecular complexity index is 658. The molecule has 2 saturated heterocycles. The van der Waals surface area contributed by atoms with Crippen LogP contribution < -0.4 is 14.8 Å². The number of nitrogens with zero attached hydrogens (tertiary/aromatic N) is 2. The van der Waals surface area contributed by atoms with Gasteiger partial charge in [-0.05, 0) is 75.7 Å². The minimum Gasteiger partial charge on any atom is -0.454 e. The largest absolute Gasteiger partial charge is 0.454 e. The number of thiocarbonyl (C=S) groups is 1. The first kappa shape index (κ1) is 18.8. The molecule has 1 aromatic rings. The van der Waals surface area contributed by atoms with Crippen molar-refractivity contribution >= 4 is 17.3 Å². The fourth-order valence-corrected chi connectivity index (χ4v) is 4.31. The molecule has 0 amide bonds. The number of likely N-dealkylation sites (tertiary alicyclic amines) is 1. The third-order valence-electron chi connectivity index (χ3n) is 5.68. The highest BCUT2D eigenvalue weighted by Crippen LogP contribution is 2.33. The summed E-state index contributed by atoms with van der Waals surface area (Å²) in [4.78, 5) is 4.74. The molecule has 3 aliphatic heterocycles. The van der Waals surface area contributed by atoms with Crippen LogP contribution in [0.5, 0.6) is 11.5 Å². The summed E-state index contributed by atoms with van der Waals surface area (Å²) >= 11 is 5.81. The second-order valence-corrected chi connectivity index (χ2v) is 8.06. The Balaban J connectivity index is 1.44. The SMILES string of the molecule is CN1CCC(N(Cc2ccc3c(c2)OCO3)C(=S)NCC2CCCO2)CC1. The van der Waals surface area contributed by atoms with Gasteiger partial charge in [0.25, 0.3) is 0 Å². The van der Waals surface area contributed by atoms with Crippen molar-refractivity contribution in [3.8, 4) is 11.5 Å². The predicted octanol–water partition coefficient (Wildman–Crippen LogP) is 2.37. The van der Waals surface area contributed by atoms with E-state index in [-0.39, 0.29) is 6.10 Å². The highest BCUT2D eigenvalue weighted by atomic mass is 32.1. The van der Waals surface area contributed by atoms with Crippen LogP contribution in [0.4, 0.5) is 0 Å². The van der Waals surface area contributed by atoms with Crippen molar-refractivity contribution in [3.05, 3.63) is 23.8 Å². The first-order valence-electron chi connectivity index (χ1n) is 9.92. The average Bonchev–Trinajstić information content (AvgIpc) is 3.36. The van der Waals surface area contributed by atoms with E-state index < -0.39 is 0 Å². The zero-order valence-electron chi connectivity index (χ0n) is 16.0. The Labute approximate surface area is 166 Å². The van der Waals surface area contributed by atoms with Gasteiger partial charge in [0.2, 0.25) is 6.79 Å². The molecule has 0 saturated carbocycles. The Morgan fingerprint density at radius 1 is 1.22 bits per heavy atom. The molecule has 0 bridgehead atoms. The van der Waals surface area contributed by atoms with Gasteiger partial charge in [-0.2, -0.15) is 0 Å². The lowest BCUT2D eigenvalue weighted by atomic mass is 10.0. The molecule has 148 valence electrons. The summed E-state index contributed by atoms with van der Waals surface area (Å²) in [7, 11) is 2.19. The molecule has 6 nitrogen and oxygen atoms in total. The number of benzene rings is 1. The van der Waals surface area contributed by atoms with Gasteiger partial charge in [-0.3, -0.25) is 0 Å². The zero-order chi connectivity index (χ0) is 18.6. The van der Waals surface area contributed by atoms with E-state index in [9.17, 15) is 0 Å². The first-order chi connectivity index (χ1) is 13.2. The van der Waals surface area contributed by atoms with Crippen molar-refractivity contribution in [1.29, 1.82) is 0 Å². The number of hydrogen-bond donors (Lipinski definition) is 1. The van der Waals surface area contributed by atoms with E-state index in [4.69, 9.17) is 26.4 Å². The van der Waals surface area contributed by atoms with Crippen LogP contribution in [-0.2, 0) is 11.3 Å². The number of ether oxygens (including phenoxy) is 3. The molecule has 4 rings (SSSR count). The predicted molar refractivity (Wildman–Crippen MR) is 108 cm³/mol. The molecule has 0 aromatic heterocycles. The molecular formula is C20H29N3O3S. The lowest BCUT2D eigenvalue weighted by Gasteiger charge is -2.39. The molecule has 1 atom stereocenters. The monoisotopic (exact) mass is 391 g/mol. The number of hydrogen-bond acceptors (Lipinski definition) is 5. The van der Waals surface area contributed by atoms with Gasteiger partial charge in [-0.15, -0.1) is 0 Å². The summed E-state index contributed by atoms with van der Waals surface area (Å²) in [5.41, 5.74) is 1.19. The number of piperidine rings is 1.